The highest BCUT2D eigenvalue weighted by molar-refractivity contribution is 6.07. The third-order valence-corrected chi connectivity index (χ3v) is 3.41. The number of halogens is 3. The average molecular weight is 336 g/mol. The van der Waals surface area contributed by atoms with Gasteiger partial charge in [0.15, 0.2) is 0 Å². The Morgan fingerprint density at radius 2 is 1.92 bits per heavy atom. The molecule has 0 radical (unpaired) electrons. The summed E-state index contributed by atoms with van der Waals surface area (Å²) in [6, 6.07) is 9.74. The van der Waals surface area contributed by atoms with Gasteiger partial charge >= 0.3 is 6.36 Å². The summed E-state index contributed by atoms with van der Waals surface area (Å²) in [5, 5.41) is 5.10. The number of benzene rings is 2. The van der Waals surface area contributed by atoms with Crippen molar-refractivity contribution < 1.29 is 27.5 Å². The summed E-state index contributed by atoms with van der Waals surface area (Å²) in [4.78, 5) is 23.9. The van der Waals surface area contributed by atoms with E-state index in [2.05, 4.69) is 15.4 Å². The molecule has 0 aliphatic carbocycles. The van der Waals surface area contributed by atoms with Gasteiger partial charge in [-0.15, -0.1) is 13.2 Å². The quantitative estimate of drug-likeness (QED) is 0.905. The van der Waals surface area contributed by atoms with Crippen LogP contribution in [-0.4, -0.2) is 18.2 Å². The summed E-state index contributed by atoms with van der Waals surface area (Å²) in [7, 11) is 0. The Balaban J connectivity index is 1.84. The maximum absolute atomic E-state index is 12.4. The van der Waals surface area contributed by atoms with Gasteiger partial charge in [0.05, 0.1) is 5.56 Å². The molecule has 0 spiro atoms. The Labute approximate surface area is 134 Å². The molecule has 0 unspecified atom stereocenters. The lowest BCUT2D eigenvalue weighted by molar-refractivity contribution is -0.274. The van der Waals surface area contributed by atoms with E-state index in [1.54, 1.807) is 12.1 Å². The van der Waals surface area contributed by atoms with Gasteiger partial charge in [-0.1, -0.05) is 18.2 Å². The second kappa shape index (κ2) is 5.88. The zero-order chi connectivity index (χ0) is 17.3. The van der Waals surface area contributed by atoms with Gasteiger partial charge in [-0.3, -0.25) is 9.59 Å². The largest absolute Gasteiger partial charge is 0.573 e. The van der Waals surface area contributed by atoms with Crippen LogP contribution >= 0.6 is 0 Å². The molecule has 1 aliphatic heterocycles. The number of nitrogens with one attached hydrogen (secondary N) is 2. The van der Waals surface area contributed by atoms with Crippen LogP contribution in [0.5, 0.6) is 5.75 Å². The number of carbonyl (C=O) groups excluding carboxylic acids is 2. The lowest BCUT2D eigenvalue weighted by atomic mass is 10.1. The Bertz CT molecular complexity index is 818. The summed E-state index contributed by atoms with van der Waals surface area (Å²) in [6.45, 7) is 0.407. The highest BCUT2D eigenvalue weighted by Crippen LogP contribution is 2.27. The molecule has 0 fully saturated rings. The Kier molecular flexibility index (Phi) is 3.88. The maximum atomic E-state index is 12.4. The van der Waals surface area contributed by atoms with Crippen LogP contribution in [0.4, 0.5) is 18.9 Å². The van der Waals surface area contributed by atoms with Crippen LogP contribution in [0.15, 0.2) is 42.5 Å². The van der Waals surface area contributed by atoms with Crippen LogP contribution in [0, 0.1) is 0 Å². The standard InChI is InChI=1S/C16H11F3N2O3/c17-16(18,19)24-13-4-2-1-3-11(13)15(23)21-10-6-5-9-8-20-14(22)12(9)7-10/h1-7H,8H2,(H,20,22)(H,21,23). The van der Waals surface area contributed by atoms with Crippen LogP contribution in [0.1, 0.15) is 26.3 Å². The van der Waals surface area contributed by atoms with E-state index in [1.165, 1.54) is 24.3 Å². The van der Waals surface area contributed by atoms with Crippen LogP contribution in [0.25, 0.3) is 0 Å². The summed E-state index contributed by atoms with van der Waals surface area (Å²) in [6.07, 6.45) is -4.90. The minimum Gasteiger partial charge on any atom is -0.405 e. The molecule has 0 saturated carbocycles. The van der Waals surface area contributed by atoms with Crippen LogP contribution in [0.2, 0.25) is 0 Å². The van der Waals surface area contributed by atoms with Gasteiger partial charge in [-0.2, -0.15) is 0 Å². The molecule has 2 amide bonds. The molecule has 0 saturated heterocycles. The van der Waals surface area contributed by atoms with Crippen molar-refractivity contribution in [3.63, 3.8) is 0 Å². The van der Waals surface area contributed by atoms with E-state index < -0.39 is 18.0 Å². The van der Waals surface area contributed by atoms with Crippen molar-refractivity contribution >= 4 is 17.5 Å². The normalized spacial score (nSPS) is 13.2. The van der Waals surface area contributed by atoms with Crippen molar-refractivity contribution in [2.24, 2.45) is 0 Å². The van der Waals surface area contributed by atoms with Crippen molar-refractivity contribution in [2.75, 3.05) is 5.32 Å². The number of fused-ring (bicyclic) bond motifs is 1. The minimum absolute atomic E-state index is 0.262. The number of carbonyl (C=O) groups is 2. The van der Waals surface area contributed by atoms with Crippen molar-refractivity contribution in [1.29, 1.82) is 0 Å². The molecule has 8 heteroatoms. The first-order valence-corrected chi connectivity index (χ1v) is 6.91. The SMILES string of the molecule is O=C1NCc2ccc(NC(=O)c3ccccc3OC(F)(F)F)cc21. The van der Waals surface area contributed by atoms with E-state index >= 15 is 0 Å². The minimum atomic E-state index is -4.90. The number of rotatable bonds is 3. The summed E-state index contributed by atoms with van der Waals surface area (Å²) < 4.78 is 41.1. The highest BCUT2D eigenvalue weighted by atomic mass is 19.4. The number of para-hydroxylation sites is 1. The molecular weight excluding hydrogens is 325 g/mol. The zero-order valence-electron chi connectivity index (χ0n) is 12.1. The van der Waals surface area contributed by atoms with Crippen LogP contribution in [0.3, 0.4) is 0 Å². The molecule has 0 atom stereocenters. The molecule has 1 heterocycles. The van der Waals surface area contributed by atoms with Crippen molar-refractivity contribution in [3.8, 4) is 5.75 Å². The fourth-order valence-corrected chi connectivity index (χ4v) is 2.36. The summed E-state index contributed by atoms with van der Waals surface area (Å²) >= 11 is 0. The zero-order valence-corrected chi connectivity index (χ0v) is 12.1. The first-order valence-electron chi connectivity index (χ1n) is 6.91. The Hall–Kier alpha value is -3.03. The van der Waals surface area contributed by atoms with E-state index in [9.17, 15) is 22.8 Å². The van der Waals surface area contributed by atoms with Crippen LogP contribution in [-0.2, 0) is 6.54 Å². The van der Waals surface area contributed by atoms with Gasteiger partial charge in [-0.25, -0.2) is 0 Å². The van der Waals surface area contributed by atoms with E-state index in [0.717, 1.165) is 11.6 Å². The molecule has 3 rings (SSSR count). The number of ether oxygens (including phenoxy) is 1. The third kappa shape index (κ3) is 3.32. The first kappa shape index (κ1) is 15.9. The fourth-order valence-electron chi connectivity index (χ4n) is 2.36. The van der Waals surface area contributed by atoms with Gasteiger partial charge in [0, 0.05) is 17.8 Å². The number of amides is 2. The number of hydrogen-bond acceptors (Lipinski definition) is 3. The molecule has 0 aromatic heterocycles. The second-order valence-corrected chi connectivity index (χ2v) is 5.05. The van der Waals surface area contributed by atoms with Gasteiger partial charge in [0.1, 0.15) is 5.75 Å². The van der Waals surface area contributed by atoms with Crippen molar-refractivity contribution in [2.45, 2.75) is 12.9 Å². The first-order chi connectivity index (χ1) is 11.3. The van der Waals surface area contributed by atoms with Gasteiger partial charge < -0.3 is 15.4 Å². The predicted molar refractivity (Wildman–Crippen MR) is 78.7 cm³/mol. The number of anilines is 1. The lowest BCUT2D eigenvalue weighted by Gasteiger charge is -2.13. The van der Waals surface area contributed by atoms with E-state index in [-0.39, 0.29) is 11.5 Å². The summed E-state index contributed by atoms with van der Waals surface area (Å²) in [5.41, 5.74) is 1.25. The molecule has 5 nitrogen and oxygen atoms in total. The molecule has 124 valence electrons. The monoisotopic (exact) mass is 336 g/mol. The molecule has 2 aromatic rings. The average Bonchev–Trinajstić information content (AvgIpc) is 2.87. The molecule has 24 heavy (non-hydrogen) atoms. The Morgan fingerprint density at radius 3 is 2.67 bits per heavy atom. The number of hydrogen-bond donors (Lipinski definition) is 2. The topological polar surface area (TPSA) is 67.4 Å². The van der Waals surface area contributed by atoms with Crippen molar-refractivity contribution in [3.05, 3.63) is 59.2 Å². The second-order valence-electron chi connectivity index (χ2n) is 5.05. The van der Waals surface area contributed by atoms with E-state index in [4.69, 9.17) is 0 Å². The molecule has 2 aromatic carbocycles. The van der Waals surface area contributed by atoms with Crippen LogP contribution < -0.4 is 15.4 Å². The third-order valence-electron chi connectivity index (χ3n) is 3.41. The van der Waals surface area contributed by atoms with E-state index in [1.807, 2.05) is 0 Å². The predicted octanol–water partition coefficient (Wildman–Crippen LogP) is 3.08. The van der Waals surface area contributed by atoms with Crippen molar-refractivity contribution in [1.82, 2.24) is 5.32 Å². The van der Waals surface area contributed by atoms with Gasteiger partial charge in [0.2, 0.25) is 0 Å². The van der Waals surface area contributed by atoms with Gasteiger partial charge in [-0.05, 0) is 29.8 Å². The number of alkyl halides is 3. The maximum Gasteiger partial charge on any atom is 0.573 e. The highest BCUT2D eigenvalue weighted by Gasteiger charge is 2.32. The molecule has 1 aliphatic rings. The lowest BCUT2D eigenvalue weighted by Crippen LogP contribution is -2.21. The molecule has 0 bridgehead atoms. The smallest absolute Gasteiger partial charge is 0.405 e. The fraction of sp³-hybridized carbons (Fsp3) is 0.125. The molecule has 2 N–H and O–H groups in total. The summed E-state index contributed by atoms with van der Waals surface area (Å²) in [5.74, 6) is -1.63. The van der Waals surface area contributed by atoms with Gasteiger partial charge in [0.25, 0.3) is 11.8 Å². The van der Waals surface area contributed by atoms with E-state index in [0.29, 0.717) is 17.8 Å². The Morgan fingerprint density at radius 1 is 1.17 bits per heavy atom. The molecular formula is C16H11F3N2O3.